The molecular formula is C26H29NO9. The molecule has 2 aliphatic rings. The summed E-state index contributed by atoms with van der Waals surface area (Å²) in [7, 11) is 0. The lowest BCUT2D eigenvalue weighted by atomic mass is 9.71. The molecular weight excluding hydrogens is 470 g/mol. The molecule has 0 spiro atoms. The SMILES string of the molecule is CC(=O)O[C@@H]1C(=O)c2c(c(CC=C(C)C)c3cc(O)cc(O)c3c2O)C[C@@]1(O)CC1C=C(C)ONO1. The molecule has 1 aliphatic heterocycles. The molecule has 0 fully saturated rings. The van der Waals surface area contributed by atoms with Crippen molar-refractivity contribution in [2.75, 3.05) is 0 Å². The van der Waals surface area contributed by atoms with Crippen LogP contribution in [0.25, 0.3) is 10.8 Å². The highest BCUT2D eigenvalue weighted by molar-refractivity contribution is 6.12. The molecule has 0 bridgehead atoms. The van der Waals surface area contributed by atoms with Crippen LogP contribution in [0.3, 0.4) is 0 Å². The lowest BCUT2D eigenvalue weighted by molar-refractivity contribution is -0.201. The van der Waals surface area contributed by atoms with E-state index in [4.69, 9.17) is 14.4 Å². The van der Waals surface area contributed by atoms with Gasteiger partial charge in [0.25, 0.3) is 0 Å². The number of hydrogen-bond donors (Lipinski definition) is 5. The highest BCUT2D eigenvalue weighted by atomic mass is 16.9. The topological polar surface area (TPSA) is 155 Å². The lowest BCUT2D eigenvalue weighted by Gasteiger charge is -2.41. The summed E-state index contributed by atoms with van der Waals surface area (Å²) in [5, 5.41) is 44.0. The molecule has 2 aromatic rings. The molecule has 1 heterocycles. The van der Waals surface area contributed by atoms with Gasteiger partial charge in [-0.3, -0.25) is 14.4 Å². The van der Waals surface area contributed by atoms with Crippen LogP contribution < -0.4 is 5.64 Å². The molecule has 192 valence electrons. The van der Waals surface area contributed by atoms with Gasteiger partial charge in [0.1, 0.15) is 34.7 Å². The van der Waals surface area contributed by atoms with E-state index in [0.29, 0.717) is 28.7 Å². The van der Waals surface area contributed by atoms with Crippen LogP contribution in [0.4, 0.5) is 0 Å². The molecule has 0 saturated carbocycles. The number of ketones is 1. The standard InChI is InChI=1S/C26H29NO9/c1-12(2)5-6-17-18-8-15(29)9-20(30)21(18)23(31)22-19(17)11-26(33,25(24(22)32)34-14(4)28)10-16-7-13(3)35-27-36-16/h5,7-9,16,25,27,29-31,33H,6,10-11H2,1-4H3/t16?,25-,26+/m1/s1. The van der Waals surface area contributed by atoms with Gasteiger partial charge in [-0.1, -0.05) is 11.6 Å². The van der Waals surface area contributed by atoms with Crippen LogP contribution in [0.1, 0.15) is 55.6 Å². The van der Waals surface area contributed by atoms with Gasteiger partial charge < -0.3 is 30.0 Å². The minimum Gasteiger partial charge on any atom is -0.508 e. The van der Waals surface area contributed by atoms with E-state index < -0.39 is 41.1 Å². The van der Waals surface area contributed by atoms with E-state index in [2.05, 4.69) is 5.64 Å². The summed E-state index contributed by atoms with van der Waals surface area (Å²) in [5.41, 5.74) is 2.09. The van der Waals surface area contributed by atoms with Crippen molar-refractivity contribution < 1.29 is 44.4 Å². The van der Waals surface area contributed by atoms with Crippen LogP contribution in [-0.4, -0.2) is 50.0 Å². The Labute approximate surface area is 207 Å². The van der Waals surface area contributed by atoms with Crippen LogP contribution in [0.5, 0.6) is 17.2 Å². The fourth-order valence-corrected chi connectivity index (χ4v) is 4.89. The third-order valence-electron chi connectivity index (χ3n) is 6.40. The average molecular weight is 500 g/mol. The van der Waals surface area contributed by atoms with Gasteiger partial charge in [0.15, 0.2) is 6.10 Å². The molecule has 1 unspecified atom stereocenters. The Kier molecular flexibility index (Phi) is 6.70. The minimum absolute atomic E-state index is 0.0143. The average Bonchev–Trinajstić information content (AvgIpc) is 2.75. The fourth-order valence-electron chi connectivity index (χ4n) is 4.89. The Morgan fingerprint density at radius 3 is 2.61 bits per heavy atom. The molecule has 5 N–H and O–H groups in total. The molecule has 10 nitrogen and oxygen atoms in total. The van der Waals surface area contributed by atoms with Crippen molar-refractivity contribution in [1.29, 1.82) is 0 Å². The van der Waals surface area contributed by atoms with E-state index >= 15 is 0 Å². The Balaban J connectivity index is 1.97. The zero-order valence-corrected chi connectivity index (χ0v) is 20.4. The van der Waals surface area contributed by atoms with E-state index in [0.717, 1.165) is 18.6 Å². The molecule has 0 saturated heterocycles. The molecule has 0 amide bonds. The third-order valence-corrected chi connectivity index (χ3v) is 6.40. The molecule has 3 atom stereocenters. The van der Waals surface area contributed by atoms with Crippen LogP contribution >= 0.6 is 0 Å². The van der Waals surface area contributed by atoms with E-state index in [1.165, 1.54) is 6.07 Å². The molecule has 10 heteroatoms. The van der Waals surface area contributed by atoms with Gasteiger partial charge in [-0.15, -0.1) is 0 Å². The van der Waals surface area contributed by atoms with Gasteiger partial charge in [0.05, 0.1) is 10.9 Å². The van der Waals surface area contributed by atoms with E-state index in [-0.39, 0.29) is 29.5 Å². The van der Waals surface area contributed by atoms with Crippen LogP contribution in [-0.2, 0) is 32.0 Å². The highest BCUT2D eigenvalue weighted by Gasteiger charge is 2.52. The number of fused-ring (bicyclic) bond motifs is 2. The zero-order chi connectivity index (χ0) is 26.4. The van der Waals surface area contributed by atoms with Crippen molar-refractivity contribution in [3.63, 3.8) is 0 Å². The number of aromatic hydroxyl groups is 3. The van der Waals surface area contributed by atoms with E-state index in [9.17, 15) is 30.0 Å². The quantitative estimate of drug-likeness (QED) is 0.306. The van der Waals surface area contributed by atoms with Gasteiger partial charge in [-0.25, -0.2) is 0 Å². The Morgan fingerprint density at radius 1 is 1.25 bits per heavy atom. The Bertz CT molecular complexity index is 1310. The number of benzene rings is 2. The van der Waals surface area contributed by atoms with Crippen molar-refractivity contribution in [3.8, 4) is 17.2 Å². The van der Waals surface area contributed by atoms with Crippen LogP contribution in [0, 0.1) is 0 Å². The molecule has 0 radical (unpaired) electrons. The highest BCUT2D eigenvalue weighted by Crippen LogP contribution is 2.47. The van der Waals surface area contributed by atoms with Crippen molar-refractivity contribution in [2.45, 2.75) is 64.8 Å². The first-order valence-corrected chi connectivity index (χ1v) is 11.5. The number of nitrogens with one attached hydrogen (secondary N) is 1. The molecule has 4 rings (SSSR count). The third kappa shape index (κ3) is 4.62. The van der Waals surface area contributed by atoms with Gasteiger partial charge in [-0.05, 0) is 61.5 Å². The molecule has 1 aliphatic carbocycles. The number of hydrogen-bond acceptors (Lipinski definition) is 10. The number of carbonyl (C=O) groups is 2. The lowest BCUT2D eigenvalue weighted by Crippen LogP contribution is -2.56. The molecule has 2 aromatic carbocycles. The van der Waals surface area contributed by atoms with Crippen molar-refractivity contribution in [3.05, 3.63) is 52.3 Å². The predicted octanol–water partition coefficient (Wildman–Crippen LogP) is 3.00. The van der Waals surface area contributed by atoms with E-state index in [1.807, 2.05) is 19.9 Å². The number of aliphatic hydroxyl groups is 1. The summed E-state index contributed by atoms with van der Waals surface area (Å²) < 4.78 is 5.31. The van der Waals surface area contributed by atoms with Gasteiger partial charge in [0.2, 0.25) is 5.78 Å². The molecule has 36 heavy (non-hydrogen) atoms. The summed E-state index contributed by atoms with van der Waals surface area (Å²) in [6.45, 7) is 6.59. The molecule has 0 aromatic heterocycles. The maximum Gasteiger partial charge on any atom is 0.303 e. The van der Waals surface area contributed by atoms with Crippen LogP contribution in [0.2, 0.25) is 0 Å². The zero-order valence-electron chi connectivity index (χ0n) is 20.4. The summed E-state index contributed by atoms with van der Waals surface area (Å²) >= 11 is 0. The maximum atomic E-state index is 13.8. The Hall–Kier alpha value is -3.60. The summed E-state index contributed by atoms with van der Waals surface area (Å²) in [6, 6.07) is 2.46. The number of phenols is 3. The van der Waals surface area contributed by atoms with Crippen molar-refractivity contribution >= 4 is 22.5 Å². The minimum atomic E-state index is -1.91. The first kappa shape index (κ1) is 25.5. The second-order valence-electron chi connectivity index (χ2n) is 9.51. The summed E-state index contributed by atoms with van der Waals surface area (Å²) in [6.07, 6.45) is 1.12. The number of ether oxygens (including phenoxy) is 1. The maximum absolute atomic E-state index is 13.8. The second-order valence-corrected chi connectivity index (χ2v) is 9.51. The Morgan fingerprint density at radius 2 is 1.97 bits per heavy atom. The van der Waals surface area contributed by atoms with Crippen LogP contribution in [0.15, 0.2) is 35.6 Å². The first-order chi connectivity index (χ1) is 16.9. The first-order valence-electron chi connectivity index (χ1n) is 11.5. The largest absolute Gasteiger partial charge is 0.508 e. The van der Waals surface area contributed by atoms with Crippen molar-refractivity contribution in [1.82, 2.24) is 5.64 Å². The van der Waals surface area contributed by atoms with Gasteiger partial charge in [-0.2, -0.15) is 0 Å². The number of phenolic OH excluding ortho intramolecular Hbond substituents is 3. The number of carbonyl (C=O) groups excluding carboxylic acids is 2. The summed E-state index contributed by atoms with van der Waals surface area (Å²) in [5.74, 6) is -2.26. The van der Waals surface area contributed by atoms with Gasteiger partial charge >= 0.3 is 5.97 Å². The fraction of sp³-hybridized carbons (Fsp3) is 0.385. The summed E-state index contributed by atoms with van der Waals surface area (Å²) in [4.78, 5) is 36.1. The number of allylic oxidation sites excluding steroid dienone is 3. The normalized spacial score (nSPS) is 23.5. The number of esters is 1. The number of Topliss-reactive ketones (excluding diaryl/α,β-unsaturated/α-hetero) is 1. The predicted molar refractivity (Wildman–Crippen MR) is 128 cm³/mol. The van der Waals surface area contributed by atoms with Crippen molar-refractivity contribution in [2.24, 2.45) is 0 Å². The number of rotatable bonds is 5. The second kappa shape index (κ2) is 9.45. The van der Waals surface area contributed by atoms with E-state index in [1.54, 1.807) is 13.0 Å². The van der Waals surface area contributed by atoms with Gasteiger partial charge in [0, 0.05) is 25.8 Å². The monoisotopic (exact) mass is 499 g/mol. The smallest absolute Gasteiger partial charge is 0.303 e.